The second kappa shape index (κ2) is 6.09. The predicted molar refractivity (Wildman–Crippen MR) is 102 cm³/mol. The molecule has 1 aromatic heterocycles. The fourth-order valence-electron chi connectivity index (χ4n) is 3.98. The molecule has 0 aliphatic carbocycles. The lowest BCUT2D eigenvalue weighted by molar-refractivity contribution is -0.116. The van der Waals surface area contributed by atoms with E-state index in [2.05, 4.69) is 16.4 Å². The third-order valence-corrected chi connectivity index (χ3v) is 5.24. The van der Waals surface area contributed by atoms with Gasteiger partial charge >= 0.3 is 6.09 Å². The minimum atomic E-state index is -0.352. The summed E-state index contributed by atoms with van der Waals surface area (Å²) in [7, 11) is 0. The van der Waals surface area contributed by atoms with Crippen molar-refractivity contribution in [3.63, 3.8) is 0 Å². The second-order valence-corrected chi connectivity index (χ2v) is 6.79. The van der Waals surface area contributed by atoms with E-state index in [4.69, 9.17) is 4.74 Å². The summed E-state index contributed by atoms with van der Waals surface area (Å²) in [5.74, 6) is -0.0702. The Labute approximate surface area is 155 Å². The van der Waals surface area contributed by atoms with E-state index in [1.54, 1.807) is 11.1 Å². The highest BCUT2D eigenvalue weighted by atomic mass is 16.6. The number of pyridine rings is 1. The summed E-state index contributed by atoms with van der Waals surface area (Å²) in [5.41, 5.74) is 3.65. The number of aromatic nitrogens is 1. The smallest absolute Gasteiger partial charge is 0.414 e. The first-order chi connectivity index (χ1) is 13.2. The normalized spacial score (nSPS) is 19.0. The van der Waals surface area contributed by atoms with Crippen molar-refractivity contribution in [3.05, 3.63) is 66.0 Å². The molecular formula is C21H17N3O3. The molecule has 3 aromatic rings. The fourth-order valence-corrected chi connectivity index (χ4v) is 3.98. The molecule has 6 heteroatoms. The maximum atomic E-state index is 12.4. The van der Waals surface area contributed by atoms with Gasteiger partial charge in [-0.3, -0.25) is 14.7 Å². The summed E-state index contributed by atoms with van der Waals surface area (Å²) in [6.45, 7) is 0.903. The van der Waals surface area contributed by atoms with Gasteiger partial charge in [0.25, 0.3) is 0 Å². The average Bonchev–Trinajstić information content (AvgIpc) is 3.12. The third kappa shape index (κ3) is 2.61. The number of benzene rings is 2. The molecule has 2 aliphatic heterocycles. The van der Waals surface area contributed by atoms with Gasteiger partial charge in [-0.15, -0.1) is 0 Å². The van der Waals surface area contributed by atoms with Crippen molar-refractivity contribution >= 4 is 34.1 Å². The molecule has 27 heavy (non-hydrogen) atoms. The number of carbonyl (C=O) groups is 2. The molecule has 134 valence electrons. The molecule has 0 saturated carbocycles. The summed E-state index contributed by atoms with van der Waals surface area (Å²) in [6.07, 6.45) is 3.65. The zero-order valence-corrected chi connectivity index (χ0v) is 14.5. The highest BCUT2D eigenvalue weighted by molar-refractivity contribution is 5.98. The zero-order chi connectivity index (χ0) is 18.4. The maximum absolute atomic E-state index is 12.4. The van der Waals surface area contributed by atoms with Gasteiger partial charge in [0.1, 0.15) is 6.61 Å². The van der Waals surface area contributed by atoms with Crippen LogP contribution in [0, 0.1) is 0 Å². The highest BCUT2D eigenvalue weighted by Crippen LogP contribution is 2.41. The Morgan fingerprint density at radius 3 is 2.89 bits per heavy atom. The number of hydrogen-bond acceptors (Lipinski definition) is 4. The number of fused-ring (bicyclic) bond motifs is 2. The Kier molecular flexibility index (Phi) is 3.57. The van der Waals surface area contributed by atoms with E-state index in [1.807, 2.05) is 42.6 Å². The van der Waals surface area contributed by atoms with Crippen molar-refractivity contribution in [3.8, 4) is 0 Å². The van der Waals surface area contributed by atoms with Crippen LogP contribution in [-0.2, 0) is 9.53 Å². The van der Waals surface area contributed by atoms with Crippen LogP contribution >= 0.6 is 0 Å². The molecule has 1 unspecified atom stereocenters. The van der Waals surface area contributed by atoms with E-state index in [9.17, 15) is 9.59 Å². The molecule has 2 aromatic carbocycles. The topological polar surface area (TPSA) is 71.5 Å². The Hall–Kier alpha value is -3.41. The number of nitrogens with one attached hydrogen (secondary N) is 1. The SMILES string of the molecule is O=C1CC(c2cccc3cnccc23)c2ccc(N3CCOC3=O)cc2N1. The number of ether oxygens (including phenoxy) is 1. The van der Waals surface area contributed by atoms with Crippen LogP contribution in [0.15, 0.2) is 54.9 Å². The first-order valence-corrected chi connectivity index (χ1v) is 8.91. The van der Waals surface area contributed by atoms with E-state index >= 15 is 0 Å². The van der Waals surface area contributed by atoms with Crippen molar-refractivity contribution < 1.29 is 14.3 Å². The molecule has 1 fully saturated rings. The molecule has 2 amide bonds. The Balaban J connectivity index is 1.62. The van der Waals surface area contributed by atoms with Crippen LogP contribution in [0.4, 0.5) is 16.2 Å². The maximum Gasteiger partial charge on any atom is 0.414 e. The number of amides is 2. The van der Waals surface area contributed by atoms with Crippen LogP contribution in [0.1, 0.15) is 23.5 Å². The lowest BCUT2D eigenvalue weighted by atomic mass is 9.82. The number of cyclic esters (lactones) is 1. The molecule has 6 nitrogen and oxygen atoms in total. The monoisotopic (exact) mass is 359 g/mol. The number of rotatable bonds is 2. The molecule has 3 heterocycles. The van der Waals surface area contributed by atoms with Gasteiger partial charge in [-0.05, 0) is 34.7 Å². The van der Waals surface area contributed by atoms with Crippen LogP contribution in [0.2, 0.25) is 0 Å². The zero-order valence-electron chi connectivity index (χ0n) is 14.5. The highest BCUT2D eigenvalue weighted by Gasteiger charge is 2.30. The second-order valence-electron chi connectivity index (χ2n) is 6.79. The molecule has 1 atom stereocenters. The van der Waals surface area contributed by atoms with Crippen LogP contribution < -0.4 is 10.2 Å². The van der Waals surface area contributed by atoms with Gasteiger partial charge in [0.2, 0.25) is 5.91 Å². The quantitative estimate of drug-likeness (QED) is 0.758. The lowest BCUT2D eigenvalue weighted by Crippen LogP contribution is -2.26. The minimum Gasteiger partial charge on any atom is -0.447 e. The molecule has 2 aliphatic rings. The van der Waals surface area contributed by atoms with Crippen molar-refractivity contribution in [2.24, 2.45) is 0 Å². The molecule has 0 spiro atoms. The van der Waals surface area contributed by atoms with Gasteiger partial charge in [-0.25, -0.2) is 4.79 Å². The first kappa shape index (κ1) is 15.8. The minimum absolute atomic E-state index is 0.0280. The van der Waals surface area contributed by atoms with E-state index in [1.165, 1.54) is 0 Å². The lowest BCUT2D eigenvalue weighted by Gasteiger charge is -2.28. The largest absolute Gasteiger partial charge is 0.447 e. The Morgan fingerprint density at radius 1 is 1.11 bits per heavy atom. The van der Waals surface area contributed by atoms with Crippen molar-refractivity contribution in [2.75, 3.05) is 23.4 Å². The van der Waals surface area contributed by atoms with Gasteiger partial charge < -0.3 is 10.1 Å². The van der Waals surface area contributed by atoms with Gasteiger partial charge in [0.15, 0.2) is 0 Å². The molecule has 0 radical (unpaired) electrons. The van der Waals surface area contributed by atoms with Crippen LogP contribution in [0.5, 0.6) is 0 Å². The van der Waals surface area contributed by atoms with Gasteiger partial charge in [-0.2, -0.15) is 0 Å². The molecule has 5 rings (SSSR count). The van der Waals surface area contributed by atoms with E-state index in [0.29, 0.717) is 19.6 Å². The predicted octanol–water partition coefficient (Wildman–Crippen LogP) is 3.67. The third-order valence-electron chi connectivity index (χ3n) is 5.24. The molecule has 1 N–H and O–H groups in total. The Bertz CT molecular complexity index is 1070. The summed E-state index contributed by atoms with van der Waals surface area (Å²) in [5, 5.41) is 5.11. The van der Waals surface area contributed by atoms with Crippen LogP contribution in [0.3, 0.4) is 0 Å². The summed E-state index contributed by atoms with van der Waals surface area (Å²) in [6, 6.07) is 13.9. The van der Waals surface area contributed by atoms with E-state index < -0.39 is 0 Å². The number of hydrogen-bond donors (Lipinski definition) is 1. The van der Waals surface area contributed by atoms with Crippen LogP contribution in [0.25, 0.3) is 10.8 Å². The van der Waals surface area contributed by atoms with Gasteiger partial charge in [0, 0.05) is 41.5 Å². The Morgan fingerprint density at radius 2 is 2.04 bits per heavy atom. The fraction of sp³-hybridized carbons (Fsp3) is 0.190. The van der Waals surface area contributed by atoms with Crippen molar-refractivity contribution in [1.29, 1.82) is 0 Å². The summed E-state index contributed by atoms with van der Waals surface area (Å²) < 4.78 is 5.02. The molecule has 0 bridgehead atoms. The first-order valence-electron chi connectivity index (χ1n) is 8.91. The average molecular weight is 359 g/mol. The van der Waals surface area contributed by atoms with Crippen LogP contribution in [-0.4, -0.2) is 30.1 Å². The standard InChI is InChI=1S/C21H17N3O3/c25-20-11-18(16-3-1-2-13-12-22-7-6-15(13)16)17-5-4-14(10-19(17)23-20)24-8-9-27-21(24)26/h1-7,10,12,18H,8-9,11H2,(H,23,25). The summed E-state index contributed by atoms with van der Waals surface area (Å²) >= 11 is 0. The van der Waals surface area contributed by atoms with Crippen molar-refractivity contribution in [1.82, 2.24) is 4.98 Å². The van der Waals surface area contributed by atoms with E-state index in [-0.39, 0.29) is 17.9 Å². The molecular weight excluding hydrogens is 342 g/mol. The number of carbonyl (C=O) groups excluding carboxylic acids is 2. The van der Waals surface area contributed by atoms with Crippen molar-refractivity contribution in [2.45, 2.75) is 12.3 Å². The van der Waals surface area contributed by atoms with Gasteiger partial charge in [0.05, 0.1) is 6.54 Å². The number of nitrogens with zero attached hydrogens (tertiary/aromatic N) is 2. The number of anilines is 2. The van der Waals surface area contributed by atoms with Gasteiger partial charge in [-0.1, -0.05) is 24.3 Å². The van der Waals surface area contributed by atoms with E-state index in [0.717, 1.165) is 33.3 Å². The molecule has 1 saturated heterocycles. The summed E-state index contributed by atoms with van der Waals surface area (Å²) in [4.78, 5) is 30.0.